The molecular formula is C13H15N3O2S2. The number of hydrogen-bond acceptors (Lipinski definition) is 4. The summed E-state index contributed by atoms with van der Waals surface area (Å²) >= 11 is 1.68. The van der Waals surface area contributed by atoms with Crippen molar-refractivity contribution < 1.29 is 8.42 Å². The number of rotatable bonds is 2. The normalized spacial score (nSPS) is 15.2. The summed E-state index contributed by atoms with van der Waals surface area (Å²) in [7, 11) is -1.80. The summed E-state index contributed by atoms with van der Waals surface area (Å²) in [5.41, 5.74) is 0.743. The molecule has 5 nitrogen and oxygen atoms in total. The van der Waals surface area contributed by atoms with E-state index < -0.39 is 10.0 Å². The van der Waals surface area contributed by atoms with Gasteiger partial charge in [-0.3, -0.25) is 4.31 Å². The van der Waals surface area contributed by atoms with E-state index in [1.807, 2.05) is 24.3 Å². The molecule has 1 aromatic carbocycles. The summed E-state index contributed by atoms with van der Waals surface area (Å²) in [6.45, 7) is 2.26. The van der Waals surface area contributed by atoms with Crippen LogP contribution in [-0.2, 0) is 17.1 Å². The number of benzene rings is 1. The molecule has 1 aliphatic rings. The van der Waals surface area contributed by atoms with E-state index in [2.05, 4.69) is 4.98 Å². The average Bonchev–Trinajstić information content (AvgIpc) is 2.79. The Bertz CT molecular complexity index is 733. The summed E-state index contributed by atoms with van der Waals surface area (Å²) in [5, 5.41) is 0.110. The number of hydrogen-bond donors (Lipinski definition) is 0. The Labute approximate surface area is 122 Å². The highest BCUT2D eigenvalue weighted by molar-refractivity contribution is 8.00. The highest BCUT2D eigenvalue weighted by atomic mass is 32.2. The maximum Gasteiger partial charge on any atom is 0.283 e. The summed E-state index contributed by atoms with van der Waals surface area (Å²) < 4.78 is 28.7. The lowest BCUT2D eigenvalue weighted by Gasteiger charge is -2.29. The summed E-state index contributed by atoms with van der Waals surface area (Å²) in [4.78, 5) is 5.15. The maximum absolute atomic E-state index is 12.8. The molecule has 3 rings (SSSR count). The minimum absolute atomic E-state index is 0.110. The second kappa shape index (κ2) is 4.82. The van der Waals surface area contributed by atoms with Crippen LogP contribution in [0.5, 0.6) is 0 Å². The minimum Gasteiger partial charge on any atom is -0.337 e. The number of para-hydroxylation sites is 1. The summed E-state index contributed by atoms with van der Waals surface area (Å²) in [6.07, 6.45) is 1.56. The number of aromatic nitrogens is 2. The second-order valence-electron chi connectivity index (χ2n) is 4.63. The maximum atomic E-state index is 12.8. The van der Waals surface area contributed by atoms with Gasteiger partial charge < -0.3 is 4.57 Å². The number of thioether (sulfide) groups is 1. The smallest absolute Gasteiger partial charge is 0.283 e. The number of anilines is 1. The lowest BCUT2D eigenvalue weighted by Crippen LogP contribution is -2.35. The first kappa shape index (κ1) is 13.5. The van der Waals surface area contributed by atoms with Crippen LogP contribution in [0.3, 0.4) is 0 Å². The zero-order chi connectivity index (χ0) is 14.3. The van der Waals surface area contributed by atoms with E-state index in [0.717, 1.165) is 16.3 Å². The monoisotopic (exact) mass is 309 g/mol. The lowest BCUT2D eigenvalue weighted by atomic mass is 10.3. The molecular weight excluding hydrogens is 294 g/mol. The van der Waals surface area contributed by atoms with Crippen LogP contribution < -0.4 is 4.31 Å². The van der Waals surface area contributed by atoms with Crippen molar-refractivity contribution in [3.8, 4) is 0 Å². The summed E-state index contributed by atoms with van der Waals surface area (Å²) in [6, 6.07) is 7.57. The van der Waals surface area contributed by atoms with Crippen molar-refractivity contribution in [3.63, 3.8) is 0 Å². The zero-order valence-electron chi connectivity index (χ0n) is 11.3. The number of aryl methyl sites for hydroxylation is 2. The molecule has 0 spiro atoms. The Kier molecular flexibility index (Phi) is 3.25. The van der Waals surface area contributed by atoms with Gasteiger partial charge >= 0.3 is 0 Å². The van der Waals surface area contributed by atoms with Crippen LogP contribution in [0.25, 0.3) is 0 Å². The molecule has 0 unspecified atom stereocenters. The Morgan fingerprint density at radius 1 is 1.30 bits per heavy atom. The number of imidazole rings is 1. The van der Waals surface area contributed by atoms with Crippen LogP contribution >= 0.6 is 11.8 Å². The van der Waals surface area contributed by atoms with E-state index in [-0.39, 0.29) is 5.03 Å². The quantitative estimate of drug-likeness (QED) is 0.852. The number of nitrogens with zero attached hydrogens (tertiary/aromatic N) is 3. The van der Waals surface area contributed by atoms with E-state index >= 15 is 0 Å². The molecule has 0 fully saturated rings. The molecule has 106 valence electrons. The van der Waals surface area contributed by atoms with Crippen molar-refractivity contribution >= 4 is 27.5 Å². The van der Waals surface area contributed by atoms with Gasteiger partial charge in [0.1, 0.15) is 5.82 Å². The predicted octanol–water partition coefficient (Wildman–Crippen LogP) is 2.03. The first-order chi connectivity index (χ1) is 9.50. The van der Waals surface area contributed by atoms with Gasteiger partial charge in [-0.1, -0.05) is 12.1 Å². The van der Waals surface area contributed by atoms with Crippen molar-refractivity contribution in [1.82, 2.24) is 9.55 Å². The standard InChI is InChI=1S/C13H15N3O2S2/c1-10-14-13(9-15(10)2)20(17,18)16-7-8-19-12-6-4-3-5-11(12)16/h3-6,9H,7-8H2,1-2H3. The summed E-state index contributed by atoms with van der Waals surface area (Å²) in [5.74, 6) is 1.44. The third-order valence-electron chi connectivity index (χ3n) is 3.33. The number of sulfonamides is 1. The van der Waals surface area contributed by atoms with Crippen LogP contribution in [-0.4, -0.2) is 30.3 Å². The van der Waals surface area contributed by atoms with E-state index in [9.17, 15) is 8.42 Å². The van der Waals surface area contributed by atoms with E-state index in [1.54, 1.807) is 36.5 Å². The SMILES string of the molecule is Cc1nc(S(=O)(=O)N2CCSc3ccccc32)cn1C. The second-order valence-corrected chi connectivity index (χ2v) is 7.58. The van der Waals surface area contributed by atoms with Gasteiger partial charge in [-0.15, -0.1) is 11.8 Å². The molecule has 1 aliphatic heterocycles. The molecule has 2 heterocycles. The Morgan fingerprint density at radius 3 is 2.75 bits per heavy atom. The van der Waals surface area contributed by atoms with Crippen LogP contribution in [0.15, 0.2) is 40.4 Å². The van der Waals surface area contributed by atoms with Gasteiger partial charge in [0.15, 0.2) is 5.03 Å². The zero-order valence-corrected chi connectivity index (χ0v) is 12.9. The largest absolute Gasteiger partial charge is 0.337 e. The van der Waals surface area contributed by atoms with Gasteiger partial charge in [0.2, 0.25) is 0 Å². The van der Waals surface area contributed by atoms with Crippen LogP contribution in [0.1, 0.15) is 5.82 Å². The fraction of sp³-hybridized carbons (Fsp3) is 0.308. The van der Waals surface area contributed by atoms with Crippen LogP contribution in [0.4, 0.5) is 5.69 Å². The van der Waals surface area contributed by atoms with Gasteiger partial charge in [0.25, 0.3) is 10.0 Å². The van der Waals surface area contributed by atoms with Crippen molar-refractivity contribution in [3.05, 3.63) is 36.3 Å². The van der Waals surface area contributed by atoms with E-state index in [0.29, 0.717) is 12.4 Å². The molecule has 20 heavy (non-hydrogen) atoms. The van der Waals surface area contributed by atoms with Gasteiger partial charge in [-0.2, -0.15) is 8.42 Å². The molecule has 0 saturated carbocycles. The third-order valence-corrected chi connectivity index (χ3v) is 6.05. The van der Waals surface area contributed by atoms with Crippen LogP contribution in [0, 0.1) is 6.92 Å². The Hall–Kier alpha value is -1.47. The first-order valence-corrected chi connectivity index (χ1v) is 8.67. The molecule has 0 amide bonds. The van der Waals surface area contributed by atoms with E-state index in [4.69, 9.17) is 0 Å². The molecule has 1 aromatic heterocycles. The lowest BCUT2D eigenvalue weighted by molar-refractivity contribution is 0.588. The van der Waals surface area contributed by atoms with E-state index in [1.165, 1.54) is 4.31 Å². The number of fused-ring (bicyclic) bond motifs is 1. The Morgan fingerprint density at radius 2 is 2.05 bits per heavy atom. The molecule has 7 heteroatoms. The fourth-order valence-corrected chi connectivity index (χ4v) is 4.84. The molecule has 0 atom stereocenters. The highest BCUT2D eigenvalue weighted by Gasteiger charge is 2.31. The van der Waals surface area contributed by atoms with Gasteiger partial charge in [0, 0.05) is 30.4 Å². The third kappa shape index (κ3) is 2.10. The van der Waals surface area contributed by atoms with Gasteiger partial charge in [-0.05, 0) is 19.1 Å². The topological polar surface area (TPSA) is 55.2 Å². The van der Waals surface area contributed by atoms with Crippen LogP contribution in [0.2, 0.25) is 0 Å². The average molecular weight is 309 g/mol. The molecule has 2 aromatic rings. The minimum atomic E-state index is -3.59. The molecule has 0 bridgehead atoms. The molecule has 0 saturated heterocycles. The molecule has 0 N–H and O–H groups in total. The van der Waals surface area contributed by atoms with Crippen molar-refractivity contribution in [2.75, 3.05) is 16.6 Å². The molecule has 0 radical (unpaired) electrons. The Balaban J connectivity index is 2.09. The van der Waals surface area contributed by atoms with Crippen molar-refractivity contribution in [2.45, 2.75) is 16.8 Å². The van der Waals surface area contributed by atoms with Crippen molar-refractivity contribution in [2.24, 2.45) is 7.05 Å². The molecule has 0 aliphatic carbocycles. The van der Waals surface area contributed by atoms with Gasteiger partial charge in [-0.25, -0.2) is 4.98 Å². The highest BCUT2D eigenvalue weighted by Crippen LogP contribution is 2.37. The van der Waals surface area contributed by atoms with Crippen molar-refractivity contribution in [1.29, 1.82) is 0 Å². The van der Waals surface area contributed by atoms with Gasteiger partial charge in [0.05, 0.1) is 5.69 Å². The fourth-order valence-electron chi connectivity index (χ4n) is 2.16. The first-order valence-electron chi connectivity index (χ1n) is 6.24. The predicted molar refractivity (Wildman–Crippen MR) is 79.6 cm³/mol.